The Morgan fingerprint density at radius 2 is 2.06 bits per heavy atom. The molecule has 86 valence electrons. The van der Waals surface area contributed by atoms with Crippen molar-refractivity contribution >= 4 is 17.9 Å². The quantitative estimate of drug-likeness (QED) is 0.714. The molecule has 0 aromatic heterocycles. The van der Waals surface area contributed by atoms with E-state index in [-0.39, 0.29) is 0 Å². The van der Waals surface area contributed by atoms with Crippen molar-refractivity contribution in [1.82, 2.24) is 0 Å². The predicted octanol–water partition coefficient (Wildman–Crippen LogP) is 3.42. The number of fused-ring (bicyclic) bond motifs is 3. The SMILES string of the molecule is CC(C)C1=Cc2ccc3c(c2CC1=O)C=CC3. The summed E-state index contributed by atoms with van der Waals surface area (Å²) in [7, 11) is 0. The highest BCUT2D eigenvalue weighted by Gasteiger charge is 2.23. The second-order valence-corrected chi connectivity index (χ2v) is 5.17. The maximum absolute atomic E-state index is 12.1. The molecule has 0 N–H and O–H groups in total. The highest BCUT2D eigenvalue weighted by atomic mass is 16.1. The Morgan fingerprint density at radius 1 is 1.24 bits per heavy atom. The highest BCUT2D eigenvalue weighted by molar-refractivity contribution is 6.04. The molecule has 0 amide bonds. The van der Waals surface area contributed by atoms with Crippen molar-refractivity contribution < 1.29 is 4.79 Å². The maximum Gasteiger partial charge on any atom is 0.163 e. The molecular formula is C16H16O. The van der Waals surface area contributed by atoms with E-state index < -0.39 is 0 Å². The van der Waals surface area contributed by atoms with Crippen LogP contribution >= 0.6 is 0 Å². The molecule has 0 bridgehead atoms. The number of carbonyl (C=O) groups excluding carboxylic acids is 1. The van der Waals surface area contributed by atoms with Gasteiger partial charge in [0.1, 0.15) is 0 Å². The van der Waals surface area contributed by atoms with Crippen molar-refractivity contribution in [2.45, 2.75) is 26.7 Å². The lowest BCUT2D eigenvalue weighted by molar-refractivity contribution is -0.115. The number of rotatable bonds is 1. The fourth-order valence-electron chi connectivity index (χ4n) is 2.75. The second-order valence-electron chi connectivity index (χ2n) is 5.17. The summed E-state index contributed by atoms with van der Waals surface area (Å²) in [5.74, 6) is 0.612. The lowest BCUT2D eigenvalue weighted by Gasteiger charge is -2.20. The van der Waals surface area contributed by atoms with Crippen LogP contribution in [0.2, 0.25) is 0 Å². The normalized spacial score (nSPS) is 17.1. The molecule has 2 aliphatic carbocycles. The van der Waals surface area contributed by atoms with Crippen molar-refractivity contribution in [3.8, 4) is 0 Å². The number of benzene rings is 1. The zero-order chi connectivity index (χ0) is 12.0. The Hall–Kier alpha value is -1.63. The fourth-order valence-corrected chi connectivity index (χ4v) is 2.75. The molecule has 0 atom stereocenters. The predicted molar refractivity (Wildman–Crippen MR) is 70.7 cm³/mol. The van der Waals surface area contributed by atoms with E-state index >= 15 is 0 Å². The minimum Gasteiger partial charge on any atom is -0.294 e. The van der Waals surface area contributed by atoms with Crippen LogP contribution in [-0.2, 0) is 17.6 Å². The van der Waals surface area contributed by atoms with Gasteiger partial charge < -0.3 is 0 Å². The van der Waals surface area contributed by atoms with Crippen molar-refractivity contribution in [2.24, 2.45) is 5.92 Å². The average molecular weight is 224 g/mol. The van der Waals surface area contributed by atoms with E-state index in [1.54, 1.807) is 0 Å². The Kier molecular flexibility index (Phi) is 2.29. The first kappa shape index (κ1) is 10.5. The third-order valence-corrected chi connectivity index (χ3v) is 3.70. The topological polar surface area (TPSA) is 17.1 Å². The minimum absolute atomic E-state index is 0.293. The Morgan fingerprint density at radius 3 is 2.82 bits per heavy atom. The smallest absolute Gasteiger partial charge is 0.163 e. The summed E-state index contributed by atoms with van der Waals surface area (Å²) in [5, 5.41) is 0. The third kappa shape index (κ3) is 1.57. The summed E-state index contributed by atoms with van der Waals surface area (Å²) in [6.07, 6.45) is 8.01. The molecule has 3 rings (SSSR count). The van der Waals surface area contributed by atoms with Crippen LogP contribution in [0.3, 0.4) is 0 Å². The molecule has 0 spiro atoms. The maximum atomic E-state index is 12.1. The van der Waals surface area contributed by atoms with Gasteiger partial charge >= 0.3 is 0 Å². The van der Waals surface area contributed by atoms with Gasteiger partial charge in [-0.25, -0.2) is 0 Å². The number of carbonyl (C=O) groups is 1. The average Bonchev–Trinajstić information content (AvgIpc) is 2.76. The zero-order valence-corrected chi connectivity index (χ0v) is 10.3. The largest absolute Gasteiger partial charge is 0.294 e. The third-order valence-electron chi connectivity index (χ3n) is 3.70. The Balaban J connectivity index is 2.18. The van der Waals surface area contributed by atoms with Crippen molar-refractivity contribution in [1.29, 1.82) is 0 Å². The minimum atomic E-state index is 0.293. The van der Waals surface area contributed by atoms with Gasteiger partial charge in [0.15, 0.2) is 5.78 Å². The van der Waals surface area contributed by atoms with Gasteiger partial charge in [0.05, 0.1) is 0 Å². The first-order chi connectivity index (χ1) is 8.16. The van der Waals surface area contributed by atoms with E-state index in [0.29, 0.717) is 18.1 Å². The first-order valence-corrected chi connectivity index (χ1v) is 6.23. The molecule has 1 heteroatoms. The molecule has 0 saturated heterocycles. The van der Waals surface area contributed by atoms with Crippen LogP contribution in [0, 0.1) is 5.92 Å². The van der Waals surface area contributed by atoms with E-state index in [1.165, 1.54) is 22.3 Å². The molecule has 0 saturated carbocycles. The Labute approximate surface area is 102 Å². The molecule has 17 heavy (non-hydrogen) atoms. The van der Waals surface area contributed by atoms with Gasteiger partial charge in [-0.2, -0.15) is 0 Å². The van der Waals surface area contributed by atoms with E-state index in [2.05, 4.69) is 44.2 Å². The summed E-state index contributed by atoms with van der Waals surface area (Å²) in [4.78, 5) is 12.1. The summed E-state index contributed by atoms with van der Waals surface area (Å²) < 4.78 is 0. The van der Waals surface area contributed by atoms with Crippen LogP contribution in [0.5, 0.6) is 0 Å². The van der Waals surface area contributed by atoms with Crippen LogP contribution in [0.15, 0.2) is 23.8 Å². The van der Waals surface area contributed by atoms with Gasteiger partial charge in [0.25, 0.3) is 0 Å². The molecule has 1 nitrogen and oxygen atoms in total. The number of allylic oxidation sites excluding steroid dienone is 2. The lowest BCUT2D eigenvalue weighted by Crippen LogP contribution is -2.17. The van der Waals surface area contributed by atoms with Crippen LogP contribution < -0.4 is 0 Å². The first-order valence-electron chi connectivity index (χ1n) is 6.23. The number of hydrogen-bond donors (Lipinski definition) is 0. The van der Waals surface area contributed by atoms with E-state index in [1.807, 2.05) is 0 Å². The number of Topliss-reactive ketones (excluding diaryl/α,β-unsaturated/α-hetero) is 1. The van der Waals surface area contributed by atoms with E-state index in [9.17, 15) is 4.79 Å². The second kappa shape index (κ2) is 3.69. The lowest BCUT2D eigenvalue weighted by atomic mass is 9.83. The summed E-state index contributed by atoms with van der Waals surface area (Å²) >= 11 is 0. The van der Waals surface area contributed by atoms with Crippen LogP contribution in [0.25, 0.3) is 12.2 Å². The van der Waals surface area contributed by atoms with E-state index in [4.69, 9.17) is 0 Å². The van der Waals surface area contributed by atoms with Crippen molar-refractivity contribution in [2.75, 3.05) is 0 Å². The van der Waals surface area contributed by atoms with Gasteiger partial charge in [-0.15, -0.1) is 0 Å². The van der Waals surface area contributed by atoms with Gasteiger partial charge in [-0.1, -0.05) is 38.1 Å². The van der Waals surface area contributed by atoms with Crippen LogP contribution in [-0.4, -0.2) is 5.78 Å². The number of ketones is 1. The van der Waals surface area contributed by atoms with Gasteiger partial charge in [0.2, 0.25) is 0 Å². The van der Waals surface area contributed by atoms with E-state index in [0.717, 1.165) is 12.0 Å². The summed E-state index contributed by atoms with van der Waals surface area (Å²) in [6, 6.07) is 4.36. The molecule has 0 aliphatic heterocycles. The molecule has 0 unspecified atom stereocenters. The van der Waals surface area contributed by atoms with Crippen molar-refractivity contribution in [3.05, 3.63) is 46.0 Å². The van der Waals surface area contributed by atoms with Crippen LogP contribution in [0.4, 0.5) is 0 Å². The summed E-state index contributed by atoms with van der Waals surface area (Å²) in [5.41, 5.74) is 6.08. The molecular weight excluding hydrogens is 208 g/mol. The number of hydrogen-bond acceptors (Lipinski definition) is 1. The standard InChI is InChI=1S/C16H16O/c1-10(2)14-8-12-7-6-11-4-3-5-13(11)15(12)9-16(14)17/h3,5-8,10H,4,9H2,1-2H3. The molecule has 0 fully saturated rings. The Bertz CT molecular complexity index is 559. The molecule has 1 aromatic carbocycles. The molecule has 0 heterocycles. The summed E-state index contributed by atoms with van der Waals surface area (Å²) in [6.45, 7) is 4.17. The molecule has 0 radical (unpaired) electrons. The fraction of sp³-hybridized carbons (Fsp3) is 0.312. The molecule has 2 aliphatic rings. The van der Waals surface area contributed by atoms with Crippen LogP contribution in [0.1, 0.15) is 36.1 Å². The zero-order valence-electron chi connectivity index (χ0n) is 10.3. The highest BCUT2D eigenvalue weighted by Crippen LogP contribution is 2.33. The van der Waals surface area contributed by atoms with Gasteiger partial charge in [-0.05, 0) is 46.2 Å². The van der Waals surface area contributed by atoms with Gasteiger partial charge in [-0.3, -0.25) is 4.79 Å². The van der Waals surface area contributed by atoms with Gasteiger partial charge in [0, 0.05) is 6.42 Å². The van der Waals surface area contributed by atoms with Crippen molar-refractivity contribution in [3.63, 3.8) is 0 Å². The molecule has 1 aromatic rings. The monoisotopic (exact) mass is 224 g/mol.